The predicted molar refractivity (Wildman–Crippen MR) is 104 cm³/mol. The molecular formula is C18H21BrN2O3S. The summed E-state index contributed by atoms with van der Waals surface area (Å²) in [5.41, 5.74) is 0.647. The predicted octanol–water partition coefficient (Wildman–Crippen LogP) is 3.94. The molecule has 5 nitrogen and oxygen atoms in total. The molecule has 2 amide bonds. The molecule has 0 spiro atoms. The highest BCUT2D eigenvalue weighted by Crippen LogP contribution is 2.23. The van der Waals surface area contributed by atoms with Crippen molar-refractivity contribution in [1.82, 2.24) is 4.90 Å². The van der Waals surface area contributed by atoms with E-state index >= 15 is 0 Å². The number of aryl methyl sites for hydroxylation is 1. The highest BCUT2D eigenvalue weighted by Gasteiger charge is 2.13. The Kier molecular flexibility index (Phi) is 7.46. The van der Waals surface area contributed by atoms with Gasteiger partial charge in [-0.1, -0.05) is 6.07 Å². The summed E-state index contributed by atoms with van der Waals surface area (Å²) in [6.07, 6.45) is 2.07. The van der Waals surface area contributed by atoms with Crippen molar-refractivity contribution >= 4 is 44.8 Å². The van der Waals surface area contributed by atoms with Crippen LogP contribution in [0.3, 0.4) is 0 Å². The minimum absolute atomic E-state index is 0.0284. The number of amides is 2. The molecule has 1 aromatic heterocycles. The first kappa shape index (κ1) is 19.5. The third-order valence-electron chi connectivity index (χ3n) is 3.60. The molecule has 0 unspecified atom stereocenters. The van der Waals surface area contributed by atoms with E-state index in [1.165, 1.54) is 9.78 Å². The van der Waals surface area contributed by atoms with Gasteiger partial charge >= 0.3 is 0 Å². The molecule has 25 heavy (non-hydrogen) atoms. The first-order valence-corrected chi connectivity index (χ1v) is 9.51. The van der Waals surface area contributed by atoms with Crippen LogP contribution in [0.25, 0.3) is 0 Å². The Morgan fingerprint density at radius 1 is 1.28 bits per heavy atom. The van der Waals surface area contributed by atoms with Crippen molar-refractivity contribution in [3.8, 4) is 5.75 Å². The lowest BCUT2D eigenvalue weighted by molar-refractivity contribution is -0.133. The van der Waals surface area contributed by atoms with E-state index in [0.717, 1.165) is 16.6 Å². The van der Waals surface area contributed by atoms with Gasteiger partial charge in [-0.25, -0.2) is 0 Å². The number of anilines is 1. The van der Waals surface area contributed by atoms with E-state index in [0.29, 0.717) is 17.9 Å². The maximum Gasteiger partial charge on any atom is 0.243 e. The van der Waals surface area contributed by atoms with Gasteiger partial charge in [0.2, 0.25) is 11.8 Å². The number of methoxy groups -OCH3 is 1. The van der Waals surface area contributed by atoms with Crippen molar-refractivity contribution in [1.29, 1.82) is 0 Å². The largest absolute Gasteiger partial charge is 0.497 e. The molecule has 1 aromatic carbocycles. The van der Waals surface area contributed by atoms with Gasteiger partial charge in [-0.15, -0.1) is 11.3 Å². The molecule has 2 aromatic rings. The van der Waals surface area contributed by atoms with Crippen LogP contribution in [0.1, 0.15) is 17.7 Å². The number of thiophene rings is 1. The Labute approximate surface area is 160 Å². The summed E-state index contributed by atoms with van der Waals surface area (Å²) in [4.78, 5) is 26.9. The Morgan fingerprint density at radius 3 is 2.76 bits per heavy atom. The van der Waals surface area contributed by atoms with Crippen LogP contribution in [0.4, 0.5) is 5.69 Å². The van der Waals surface area contributed by atoms with E-state index in [9.17, 15) is 9.59 Å². The van der Waals surface area contributed by atoms with Gasteiger partial charge in [-0.05, 0) is 53.0 Å². The molecule has 2 rings (SSSR count). The molecule has 0 bridgehead atoms. The number of hydrogen-bond donors (Lipinski definition) is 1. The van der Waals surface area contributed by atoms with Gasteiger partial charge in [0, 0.05) is 30.1 Å². The van der Waals surface area contributed by atoms with Gasteiger partial charge in [0.1, 0.15) is 5.75 Å². The Balaban J connectivity index is 1.74. The first-order chi connectivity index (χ1) is 12.0. The van der Waals surface area contributed by atoms with Gasteiger partial charge in [-0.3, -0.25) is 9.59 Å². The highest BCUT2D eigenvalue weighted by molar-refractivity contribution is 9.11. The van der Waals surface area contributed by atoms with Crippen molar-refractivity contribution in [2.24, 2.45) is 0 Å². The zero-order valence-electron chi connectivity index (χ0n) is 14.3. The second-order valence-corrected chi connectivity index (χ2v) is 8.14. The zero-order chi connectivity index (χ0) is 18.2. The number of nitrogens with one attached hydrogen (secondary N) is 1. The van der Waals surface area contributed by atoms with Crippen LogP contribution >= 0.6 is 27.3 Å². The number of ether oxygens (including phenoxy) is 1. The number of nitrogens with zero attached hydrogens (tertiary/aromatic N) is 1. The molecule has 0 aliphatic rings. The lowest BCUT2D eigenvalue weighted by Crippen LogP contribution is -2.34. The monoisotopic (exact) mass is 424 g/mol. The number of carbonyl (C=O) groups excluding carboxylic acids is 2. The van der Waals surface area contributed by atoms with Crippen molar-refractivity contribution < 1.29 is 14.3 Å². The van der Waals surface area contributed by atoms with E-state index in [1.807, 2.05) is 6.07 Å². The molecule has 1 heterocycles. The van der Waals surface area contributed by atoms with Crippen LogP contribution in [-0.4, -0.2) is 37.4 Å². The van der Waals surface area contributed by atoms with Gasteiger partial charge in [0.15, 0.2) is 0 Å². The van der Waals surface area contributed by atoms with Crippen LogP contribution in [0.2, 0.25) is 0 Å². The number of likely N-dealkylation sites (N-methyl/N-ethyl adjacent to an activating group) is 1. The summed E-state index contributed by atoms with van der Waals surface area (Å²) in [5.74, 6) is 0.408. The number of halogens is 1. The maximum absolute atomic E-state index is 12.1. The fourth-order valence-electron chi connectivity index (χ4n) is 2.30. The summed E-state index contributed by atoms with van der Waals surface area (Å²) in [5, 5.41) is 2.77. The highest BCUT2D eigenvalue weighted by atomic mass is 79.9. The molecule has 0 aliphatic carbocycles. The fourth-order valence-corrected chi connectivity index (χ4v) is 3.82. The summed E-state index contributed by atoms with van der Waals surface area (Å²) in [6.45, 7) is 0.0284. The van der Waals surface area contributed by atoms with E-state index < -0.39 is 0 Å². The molecule has 7 heteroatoms. The lowest BCUT2D eigenvalue weighted by Gasteiger charge is -2.17. The fraction of sp³-hybridized carbons (Fsp3) is 0.333. The van der Waals surface area contributed by atoms with E-state index in [2.05, 4.69) is 27.3 Å². The van der Waals surface area contributed by atoms with E-state index in [1.54, 1.807) is 49.8 Å². The van der Waals surface area contributed by atoms with E-state index in [4.69, 9.17) is 4.74 Å². The third-order valence-corrected chi connectivity index (χ3v) is 5.29. The summed E-state index contributed by atoms with van der Waals surface area (Å²) >= 11 is 5.11. The van der Waals surface area contributed by atoms with Crippen molar-refractivity contribution in [3.63, 3.8) is 0 Å². The van der Waals surface area contributed by atoms with Gasteiger partial charge in [-0.2, -0.15) is 0 Å². The number of carbonyl (C=O) groups is 2. The normalized spacial score (nSPS) is 10.4. The van der Waals surface area contributed by atoms with E-state index in [-0.39, 0.29) is 18.4 Å². The smallest absolute Gasteiger partial charge is 0.243 e. The second-order valence-electron chi connectivity index (χ2n) is 5.59. The minimum Gasteiger partial charge on any atom is -0.497 e. The number of rotatable bonds is 8. The third kappa shape index (κ3) is 6.51. The molecule has 1 N–H and O–H groups in total. The maximum atomic E-state index is 12.1. The summed E-state index contributed by atoms with van der Waals surface area (Å²) in [6, 6.07) is 11.2. The molecule has 0 fully saturated rings. The molecule has 0 radical (unpaired) electrons. The Hall–Kier alpha value is -1.86. The summed E-state index contributed by atoms with van der Waals surface area (Å²) in [7, 11) is 3.22. The van der Waals surface area contributed by atoms with Gasteiger partial charge in [0.25, 0.3) is 0 Å². The average Bonchev–Trinajstić information content (AvgIpc) is 3.00. The molecule has 0 saturated heterocycles. The quantitative estimate of drug-likeness (QED) is 0.697. The van der Waals surface area contributed by atoms with Crippen LogP contribution in [0.15, 0.2) is 40.2 Å². The standard InChI is InChI=1S/C18H21BrN2O3S/c1-21(18(23)8-4-7-15-9-10-16(19)25-15)12-17(22)20-13-5-3-6-14(11-13)24-2/h3,5-6,9-11H,4,7-8,12H2,1-2H3,(H,20,22). The minimum atomic E-state index is -0.230. The zero-order valence-corrected chi connectivity index (χ0v) is 16.7. The second kappa shape index (κ2) is 9.58. The Morgan fingerprint density at radius 2 is 2.08 bits per heavy atom. The molecule has 0 aliphatic heterocycles. The first-order valence-electron chi connectivity index (χ1n) is 7.90. The van der Waals surface area contributed by atoms with Crippen LogP contribution in [0.5, 0.6) is 5.75 Å². The molecule has 0 saturated carbocycles. The van der Waals surface area contributed by atoms with Crippen LogP contribution < -0.4 is 10.1 Å². The van der Waals surface area contributed by atoms with Crippen molar-refractivity contribution in [2.45, 2.75) is 19.3 Å². The number of benzene rings is 1. The van der Waals surface area contributed by atoms with Crippen LogP contribution in [-0.2, 0) is 16.0 Å². The summed E-state index contributed by atoms with van der Waals surface area (Å²) < 4.78 is 6.22. The molecule has 134 valence electrons. The van der Waals surface area contributed by atoms with Gasteiger partial charge < -0.3 is 15.0 Å². The van der Waals surface area contributed by atoms with Crippen molar-refractivity contribution in [3.05, 3.63) is 45.1 Å². The SMILES string of the molecule is COc1cccc(NC(=O)CN(C)C(=O)CCCc2ccc(Br)s2)c1. The van der Waals surface area contributed by atoms with Crippen molar-refractivity contribution in [2.75, 3.05) is 26.0 Å². The molecular weight excluding hydrogens is 404 g/mol. The topological polar surface area (TPSA) is 58.6 Å². The van der Waals surface area contributed by atoms with Gasteiger partial charge in [0.05, 0.1) is 17.4 Å². The lowest BCUT2D eigenvalue weighted by atomic mass is 10.2. The van der Waals surface area contributed by atoms with Crippen LogP contribution in [0, 0.1) is 0 Å². The molecule has 0 atom stereocenters. The Bertz CT molecular complexity index is 733. The number of hydrogen-bond acceptors (Lipinski definition) is 4. The average molecular weight is 425 g/mol.